The van der Waals surface area contributed by atoms with E-state index in [0.29, 0.717) is 12.8 Å². The molecule has 0 atom stereocenters. The van der Waals surface area contributed by atoms with E-state index in [1.165, 1.54) is 0 Å². The molecule has 15 heavy (non-hydrogen) atoms. The molecule has 0 aromatic carbocycles. The van der Waals surface area contributed by atoms with Gasteiger partial charge >= 0.3 is 0 Å². The van der Waals surface area contributed by atoms with Gasteiger partial charge in [-0.1, -0.05) is 0 Å². The van der Waals surface area contributed by atoms with Gasteiger partial charge in [0.1, 0.15) is 0 Å². The maximum atomic E-state index is 11.6. The molecule has 1 aliphatic carbocycles. The SMILES string of the molecule is O=C1CCCC/C1=C\N1CCCCC1=O. The zero-order valence-corrected chi connectivity index (χ0v) is 9.00. The van der Waals surface area contributed by atoms with Crippen molar-refractivity contribution in [2.24, 2.45) is 0 Å². The zero-order valence-electron chi connectivity index (χ0n) is 9.00. The smallest absolute Gasteiger partial charge is 0.226 e. The molecule has 82 valence electrons. The van der Waals surface area contributed by atoms with Gasteiger partial charge in [-0.2, -0.15) is 0 Å². The molecule has 1 heterocycles. The molecule has 2 aliphatic rings. The Kier molecular flexibility index (Phi) is 3.19. The lowest BCUT2D eigenvalue weighted by molar-refractivity contribution is -0.130. The van der Waals surface area contributed by atoms with E-state index in [0.717, 1.165) is 44.2 Å². The van der Waals surface area contributed by atoms with Gasteiger partial charge in [-0.25, -0.2) is 0 Å². The van der Waals surface area contributed by atoms with Gasteiger partial charge in [0.05, 0.1) is 0 Å². The highest BCUT2D eigenvalue weighted by Gasteiger charge is 2.20. The normalized spacial score (nSPS) is 26.1. The summed E-state index contributed by atoms with van der Waals surface area (Å²) in [6, 6.07) is 0. The van der Waals surface area contributed by atoms with E-state index in [4.69, 9.17) is 0 Å². The van der Waals surface area contributed by atoms with Crippen molar-refractivity contribution in [1.29, 1.82) is 0 Å². The first-order chi connectivity index (χ1) is 7.27. The van der Waals surface area contributed by atoms with Gasteiger partial charge in [0.2, 0.25) is 5.91 Å². The lowest BCUT2D eigenvalue weighted by Gasteiger charge is -2.25. The van der Waals surface area contributed by atoms with Crippen LogP contribution in [-0.2, 0) is 9.59 Å². The van der Waals surface area contributed by atoms with E-state index in [9.17, 15) is 9.59 Å². The summed E-state index contributed by atoms with van der Waals surface area (Å²) in [5.74, 6) is 0.409. The van der Waals surface area contributed by atoms with Crippen molar-refractivity contribution >= 4 is 11.7 Å². The maximum Gasteiger partial charge on any atom is 0.226 e. The van der Waals surface area contributed by atoms with Gasteiger partial charge in [0.15, 0.2) is 5.78 Å². The fraction of sp³-hybridized carbons (Fsp3) is 0.667. The van der Waals surface area contributed by atoms with Crippen molar-refractivity contribution < 1.29 is 9.59 Å². The zero-order chi connectivity index (χ0) is 10.7. The van der Waals surface area contributed by atoms with Crippen molar-refractivity contribution in [3.05, 3.63) is 11.8 Å². The second kappa shape index (κ2) is 4.60. The third kappa shape index (κ3) is 2.46. The van der Waals surface area contributed by atoms with Crippen LogP contribution in [0.5, 0.6) is 0 Å². The highest BCUT2D eigenvalue weighted by molar-refractivity contribution is 5.96. The Balaban J connectivity index is 2.06. The summed E-state index contributed by atoms with van der Waals surface area (Å²) in [6.45, 7) is 0.787. The number of rotatable bonds is 1. The van der Waals surface area contributed by atoms with Crippen molar-refractivity contribution in [3.8, 4) is 0 Å². The molecule has 1 saturated carbocycles. The van der Waals surface area contributed by atoms with Crippen LogP contribution in [0, 0.1) is 0 Å². The standard InChI is InChI=1S/C12H17NO2/c14-11-6-2-1-5-10(11)9-13-8-4-3-7-12(13)15/h9H,1-8H2/b10-9+. The monoisotopic (exact) mass is 207 g/mol. The van der Waals surface area contributed by atoms with Crippen molar-refractivity contribution in [2.45, 2.75) is 44.9 Å². The second-order valence-corrected chi connectivity index (χ2v) is 4.33. The lowest BCUT2D eigenvalue weighted by atomic mass is 9.94. The summed E-state index contributed by atoms with van der Waals surface area (Å²) in [7, 11) is 0. The van der Waals surface area contributed by atoms with Crippen LogP contribution in [0.2, 0.25) is 0 Å². The third-order valence-electron chi connectivity index (χ3n) is 3.13. The molecule has 0 radical (unpaired) electrons. The number of piperidine rings is 1. The van der Waals surface area contributed by atoms with Gasteiger partial charge < -0.3 is 4.90 Å². The first kappa shape index (κ1) is 10.4. The highest BCUT2D eigenvalue weighted by atomic mass is 16.2. The van der Waals surface area contributed by atoms with Crippen LogP contribution in [0.1, 0.15) is 44.9 Å². The number of hydrogen-bond donors (Lipinski definition) is 0. The number of hydrogen-bond acceptors (Lipinski definition) is 2. The molecular weight excluding hydrogens is 190 g/mol. The molecule has 0 aromatic heterocycles. The molecule has 0 N–H and O–H groups in total. The van der Waals surface area contributed by atoms with E-state index >= 15 is 0 Å². The summed E-state index contributed by atoms with van der Waals surface area (Å²) in [4.78, 5) is 24.9. The van der Waals surface area contributed by atoms with Crippen molar-refractivity contribution in [2.75, 3.05) is 6.54 Å². The molecule has 3 nitrogen and oxygen atoms in total. The summed E-state index contributed by atoms with van der Waals surface area (Å²) in [6.07, 6.45) is 8.09. The molecule has 0 bridgehead atoms. The van der Waals surface area contributed by atoms with Gasteiger partial charge in [0, 0.05) is 31.2 Å². The molecule has 3 heteroatoms. The van der Waals surface area contributed by atoms with E-state index in [2.05, 4.69) is 0 Å². The number of carbonyl (C=O) groups excluding carboxylic acids is 2. The predicted molar refractivity (Wildman–Crippen MR) is 57.1 cm³/mol. The van der Waals surface area contributed by atoms with E-state index in [1.54, 1.807) is 4.90 Å². The minimum absolute atomic E-state index is 0.173. The van der Waals surface area contributed by atoms with E-state index < -0.39 is 0 Å². The minimum atomic E-state index is 0.173. The van der Waals surface area contributed by atoms with Gasteiger partial charge in [-0.3, -0.25) is 9.59 Å². The Morgan fingerprint density at radius 3 is 2.40 bits per heavy atom. The average molecular weight is 207 g/mol. The Labute approximate surface area is 90.1 Å². The number of Topliss-reactive ketones (excluding diaryl/α,β-unsaturated/α-hetero) is 1. The Morgan fingerprint density at radius 1 is 0.933 bits per heavy atom. The van der Waals surface area contributed by atoms with E-state index in [1.807, 2.05) is 6.20 Å². The van der Waals surface area contributed by atoms with Gasteiger partial charge in [0.25, 0.3) is 0 Å². The molecular formula is C12H17NO2. The van der Waals surface area contributed by atoms with Gasteiger partial charge in [-0.15, -0.1) is 0 Å². The molecule has 1 saturated heterocycles. The van der Waals surface area contributed by atoms with Crippen LogP contribution in [0.25, 0.3) is 0 Å². The first-order valence-electron chi connectivity index (χ1n) is 5.81. The van der Waals surface area contributed by atoms with Crippen LogP contribution in [-0.4, -0.2) is 23.1 Å². The summed E-state index contributed by atoms with van der Waals surface area (Å²) >= 11 is 0. The minimum Gasteiger partial charge on any atom is -0.319 e. The third-order valence-corrected chi connectivity index (χ3v) is 3.13. The Morgan fingerprint density at radius 2 is 1.67 bits per heavy atom. The molecule has 0 spiro atoms. The highest BCUT2D eigenvalue weighted by Crippen LogP contribution is 2.21. The number of likely N-dealkylation sites (tertiary alicyclic amines) is 1. The lowest BCUT2D eigenvalue weighted by Crippen LogP contribution is -2.31. The molecule has 1 aliphatic heterocycles. The van der Waals surface area contributed by atoms with Crippen LogP contribution in [0.3, 0.4) is 0 Å². The molecule has 2 rings (SSSR count). The number of amides is 1. The Bertz CT molecular complexity index is 307. The van der Waals surface area contributed by atoms with Crippen LogP contribution in [0.4, 0.5) is 0 Å². The average Bonchev–Trinajstić information content (AvgIpc) is 2.24. The van der Waals surface area contributed by atoms with Crippen molar-refractivity contribution in [1.82, 2.24) is 4.90 Å². The quantitative estimate of drug-likeness (QED) is 0.617. The van der Waals surface area contributed by atoms with Gasteiger partial charge in [-0.05, 0) is 32.1 Å². The van der Waals surface area contributed by atoms with Crippen LogP contribution in [0.15, 0.2) is 11.8 Å². The molecule has 0 unspecified atom stereocenters. The number of ketones is 1. The number of nitrogens with zero attached hydrogens (tertiary/aromatic N) is 1. The molecule has 0 aromatic rings. The summed E-state index contributed by atoms with van der Waals surface area (Å²) in [5, 5.41) is 0. The fourth-order valence-corrected chi connectivity index (χ4v) is 2.19. The number of allylic oxidation sites excluding steroid dienone is 1. The van der Waals surface area contributed by atoms with E-state index in [-0.39, 0.29) is 11.7 Å². The topological polar surface area (TPSA) is 37.4 Å². The largest absolute Gasteiger partial charge is 0.319 e. The second-order valence-electron chi connectivity index (χ2n) is 4.33. The Hall–Kier alpha value is -1.12. The fourth-order valence-electron chi connectivity index (χ4n) is 2.19. The van der Waals surface area contributed by atoms with Crippen molar-refractivity contribution in [3.63, 3.8) is 0 Å². The predicted octanol–water partition coefficient (Wildman–Crippen LogP) is 2.03. The van der Waals surface area contributed by atoms with Crippen LogP contribution < -0.4 is 0 Å². The molecule has 1 amide bonds. The van der Waals surface area contributed by atoms with Crippen LogP contribution >= 0.6 is 0 Å². The maximum absolute atomic E-state index is 11.6. The first-order valence-corrected chi connectivity index (χ1v) is 5.81. The summed E-state index contributed by atoms with van der Waals surface area (Å²) < 4.78 is 0. The number of carbonyl (C=O) groups is 2. The molecule has 2 fully saturated rings. The summed E-state index contributed by atoms with van der Waals surface area (Å²) in [5.41, 5.74) is 0.858.